The zero-order chi connectivity index (χ0) is 20.7. The van der Waals surface area contributed by atoms with Crippen molar-refractivity contribution in [1.82, 2.24) is 0 Å². The summed E-state index contributed by atoms with van der Waals surface area (Å²) in [6.45, 7) is 5.68. The van der Waals surface area contributed by atoms with Crippen molar-refractivity contribution in [2.24, 2.45) is 16.6 Å². The zero-order valence-corrected chi connectivity index (χ0v) is 18.6. The van der Waals surface area contributed by atoms with Crippen LogP contribution >= 0.6 is 11.8 Å². The van der Waals surface area contributed by atoms with E-state index in [0.717, 1.165) is 37.4 Å². The van der Waals surface area contributed by atoms with Gasteiger partial charge in [-0.15, -0.1) is 0 Å². The average molecular weight is 413 g/mol. The number of hydrogen-bond donors (Lipinski definition) is 2. The minimum Gasteiger partial charge on any atom is -0.394 e. The summed E-state index contributed by atoms with van der Waals surface area (Å²) in [5.74, 6) is 3.71. The molecular formula is C25H36N2OS. The summed E-state index contributed by atoms with van der Waals surface area (Å²) in [6, 6.07) is 7.12. The molecular weight excluding hydrogens is 376 g/mol. The molecule has 3 rings (SSSR count). The highest BCUT2D eigenvalue weighted by Gasteiger charge is 2.36. The number of nitrogens with zero attached hydrogens (tertiary/aromatic N) is 1. The zero-order valence-electron chi connectivity index (χ0n) is 17.8. The quantitative estimate of drug-likeness (QED) is 0.340. The topological polar surface area (TPSA) is 58.6 Å². The van der Waals surface area contributed by atoms with Crippen molar-refractivity contribution < 1.29 is 5.11 Å². The Labute approximate surface area is 180 Å². The van der Waals surface area contributed by atoms with Gasteiger partial charge < -0.3 is 10.8 Å². The van der Waals surface area contributed by atoms with Crippen LogP contribution in [0.2, 0.25) is 0 Å². The second kappa shape index (κ2) is 10.6. The van der Waals surface area contributed by atoms with Crippen LogP contribution in [0.1, 0.15) is 61.6 Å². The molecule has 158 valence electrons. The van der Waals surface area contributed by atoms with E-state index >= 15 is 0 Å². The van der Waals surface area contributed by atoms with Crippen LogP contribution in [0, 0.1) is 5.92 Å². The molecule has 1 saturated carbocycles. The number of aryl methyl sites for hydroxylation is 1. The van der Waals surface area contributed by atoms with Crippen LogP contribution in [0.5, 0.6) is 0 Å². The summed E-state index contributed by atoms with van der Waals surface area (Å²) < 4.78 is 0. The maximum Gasteiger partial charge on any atom is 0.0611 e. The highest BCUT2D eigenvalue weighted by molar-refractivity contribution is 7.99. The molecule has 0 amide bonds. The van der Waals surface area contributed by atoms with Gasteiger partial charge in [-0.2, -0.15) is 11.8 Å². The monoisotopic (exact) mass is 412 g/mol. The van der Waals surface area contributed by atoms with Crippen LogP contribution in [-0.2, 0) is 12.8 Å². The smallest absolute Gasteiger partial charge is 0.0611 e. The Morgan fingerprint density at radius 3 is 2.97 bits per heavy atom. The molecule has 3 nitrogen and oxygen atoms in total. The fraction of sp³-hybridized carbons (Fsp3) is 0.560. The van der Waals surface area contributed by atoms with E-state index in [0.29, 0.717) is 5.92 Å². The van der Waals surface area contributed by atoms with Gasteiger partial charge in [-0.25, -0.2) is 0 Å². The lowest BCUT2D eigenvalue weighted by Crippen LogP contribution is -2.40. The van der Waals surface area contributed by atoms with E-state index in [1.165, 1.54) is 36.2 Å². The van der Waals surface area contributed by atoms with Crippen molar-refractivity contribution in [1.29, 1.82) is 0 Å². The predicted molar refractivity (Wildman–Crippen MR) is 127 cm³/mol. The van der Waals surface area contributed by atoms with Crippen molar-refractivity contribution in [3.63, 3.8) is 0 Å². The Hall–Kier alpha value is -1.36. The van der Waals surface area contributed by atoms with Gasteiger partial charge in [0.1, 0.15) is 0 Å². The molecule has 3 atom stereocenters. The van der Waals surface area contributed by atoms with Crippen molar-refractivity contribution >= 4 is 18.5 Å². The molecule has 0 aliphatic heterocycles. The van der Waals surface area contributed by atoms with Crippen LogP contribution in [0.4, 0.5) is 0 Å². The Kier molecular flexibility index (Phi) is 8.16. The number of rotatable bonds is 9. The second-order valence-corrected chi connectivity index (χ2v) is 9.93. The molecule has 0 heterocycles. The Morgan fingerprint density at radius 2 is 2.24 bits per heavy atom. The van der Waals surface area contributed by atoms with Gasteiger partial charge in [0.15, 0.2) is 0 Å². The van der Waals surface area contributed by atoms with Crippen LogP contribution in [0.25, 0.3) is 0 Å². The molecule has 0 unspecified atom stereocenters. The third-order valence-electron chi connectivity index (χ3n) is 6.64. The molecule has 2 aliphatic rings. The van der Waals surface area contributed by atoms with E-state index < -0.39 is 0 Å². The van der Waals surface area contributed by atoms with Crippen LogP contribution in [0.15, 0.2) is 47.1 Å². The molecule has 1 aromatic rings. The molecule has 2 aliphatic carbocycles. The first-order valence-corrected chi connectivity index (χ1v) is 12.1. The Balaban J connectivity index is 1.48. The van der Waals surface area contributed by atoms with Crippen LogP contribution in [-0.4, -0.2) is 35.5 Å². The summed E-state index contributed by atoms with van der Waals surface area (Å²) in [6.07, 6.45) is 13.7. The van der Waals surface area contributed by atoms with E-state index in [-0.39, 0.29) is 12.1 Å². The lowest BCUT2D eigenvalue weighted by Gasteiger charge is -2.26. The van der Waals surface area contributed by atoms with Gasteiger partial charge >= 0.3 is 0 Å². The van der Waals surface area contributed by atoms with Crippen molar-refractivity contribution in [3.05, 3.63) is 58.8 Å². The van der Waals surface area contributed by atoms with E-state index in [2.05, 4.69) is 60.7 Å². The Morgan fingerprint density at radius 1 is 1.38 bits per heavy atom. The van der Waals surface area contributed by atoms with Gasteiger partial charge in [-0.3, -0.25) is 4.99 Å². The third-order valence-corrected chi connectivity index (χ3v) is 7.84. The van der Waals surface area contributed by atoms with Crippen LogP contribution in [0.3, 0.4) is 0 Å². The first kappa shape index (κ1) is 22.3. The lowest BCUT2D eigenvalue weighted by molar-refractivity contribution is 0.198. The summed E-state index contributed by atoms with van der Waals surface area (Å²) in [5, 5.41) is 9.54. The molecule has 1 fully saturated rings. The number of thioether (sulfide) groups is 1. The number of allylic oxidation sites excluding steroid dienone is 3. The van der Waals surface area contributed by atoms with E-state index in [1.807, 2.05) is 0 Å². The molecule has 0 aromatic heterocycles. The standard InChI is InChI=1S/C25H36N2OS/c1-3-19(9-12-27-2)10-13-29-17-20-4-5-22-15-23(7-6-21(22)14-20)24-8-11-25(26,16-24)18-28/h3,6-7,9,12,15,20,24,28H,2,4-5,8,10-11,13-14,16-18,26H2,1H3/b12-9-,19-3+/t20-,24+,25-/m1/s1. The molecule has 0 radical (unpaired) electrons. The number of hydrogen-bond acceptors (Lipinski definition) is 4. The normalized spacial score (nSPS) is 27.3. The molecule has 0 saturated heterocycles. The van der Waals surface area contributed by atoms with E-state index in [1.54, 1.807) is 17.3 Å². The Bertz CT molecular complexity index is 757. The van der Waals surface area contributed by atoms with Crippen molar-refractivity contribution in [2.45, 2.75) is 63.3 Å². The summed E-state index contributed by atoms with van der Waals surface area (Å²) in [7, 11) is 0. The van der Waals surface area contributed by atoms with Crippen molar-refractivity contribution in [3.8, 4) is 0 Å². The van der Waals surface area contributed by atoms with Crippen LogP contribution < -0.4 is 5.73 Å². The minimum atomic E-state index is -0.367. The molecule has 0 spiro atoms. The first-order chi connectivity index (χ1) is 14.1. The van der Waals surface area contributed by atoms with Gasteiger partial charge in [0.25, 0.3) is 0 Å². The fourth-order valence-corrected chi connectivity index (χ4v) is 5.91. The van der Waals surface area contributed by atoms with E-state index in [4.69, 9.17) is 5.73 Å². The van der Waals surface area contributed by atoms with E-state index in [9.17, 15) is 5.11 Å². The highest BCUT2D eigenvalue weighted by atomic mass is 32.2. The summed E-state index contributed by atoms with van der Waals surface area (Å²) in [4.78, 5) is 3.79. The maximum atomic E-state index is 9.54. The number of aliphatic hydroxyl groups excluding tert-OH is 1. The third kappa shape index (κ3) is 6.07. The first-order valence-electron chi connectivity index (χ1n) is 10.9. The molecule has 29 heavy (non-hydrogen) atoms. The average Bonchev–Trinajstić information content (AvgIpc) is 3.15. The number of fused-ring (bicyclic) bond motifs is 1. The van der Waals surface area contributed by atoms with Gasteiger partial charge in [-0.1, -0.05) is 24.3 Å². The maximum absolute atomic E-state index is 9.54. The van der Waals surface area contributed by atoms with Gasteiger partial charge in [0.05, 0.1) is 6.61 Å². The molecule has 1 aromatic carbocycles. The summed E-state index contributed by atoms with van der Waals surface area (Å²) in [5.41, 5.74) is 11.8. The SMILES string of the molecule is C=N/C=C\C(=C/C)CCSC[C@@H]1CCc2cc([C@H]3CC[C@](N)(CO)C3)ccc2C1. The summed E-state index contributed by atoms with van der Waals surface area (Å²) >= 11 is 2.08. The molecule has 0 bridgehead atoms. The second-order valence-electron chi connectivity index (χ2n) is 8.78. The van der Waals surface area contributed by atoms with Crippen molar-refractivity contribution in [2.75, 3.05) is 18.1 Å². The molecule has 3 N–H and O–H groups in total. The largest absolute Gasteiger partial charge is 0.394 e. The predicted octanol–water partition coefficient (Wildman–Crippen LogP) is 5.03. The lowest BCUT2D eigenvalue weighted by atomic mass is 9.82. The van der Waals surface area contributed by atoms with Gasteiger partial charge in [-0.05, 0) is 110 Å². The van der Waals surface area contributed by atoms with Gasteiger partial charge in [0, 0.05) is 11.7 Å². The number of aliphatic imine (C=N–C) groups is 1. The van der Waals surface area contributed by atoms with Gasteiger partial charge in [0.2, 0.25) is 0 Å². The molecule has 4 heteroatoms. The number of nitrogens with two attached hydrogens (primary N) is 1. The number of benzene rings is 1. The number of aliphatic hydroxyl groups is 1. The highest BCUT2D eigenvalue weighted by Crippen LogP contribution is 2.40. The minimum absolute atomic E-state index is 0.102. The fourth-order valence-electron chi connectivity index (χ4n) is 4.74.